The molecule has 0 saturated carbocycles. The van der Waals surface area contributed by atoms with Crippen molar-refractivity contribution in [2.75, 3.05) is 12.4 Å². The smallest absolute Gasteiger partial charge is 0.274 e. The third-order valence-electron chi connectivity index (χ3n) is 2.66. The maximum atomic E-state index is 12.0. The second-order valence-electron chi connectivity index (χ2n) is 4.09. The van der Waals surface area contributed by atoms with Crippen molar-refractivity contribution in [1.82, 2.24) is 10.3 Å². The number of nitrogens with one attached hydrogen (secondary N) is 2. The number of benzene rings is 1. The Kier molecular flexibility index (Phi) is 4.93. The van der Waals surface area contributed by atoms with Crippen LogP contribution in [0.25, 0.3) is 0 Å². The first-order valence-electron chi connectivity index (χ1n) is 5.96. The van der Waals surface area contributed by atoms with Crippen LogP contribution in [0, 0.1) is 0 Å². The van der Waals surface area contributed by atoms with E-state index in [4.69, 9.17) is 11.6 Å². The van der Waals surface area contributed by atoms with Crippen LogP contribution in [0.2, 0.25) is 5.02 Å². The van der Waals surface area contributed by atoms with E-state index in [2.05, 4.69) is 31.5 Å². The zero-order chi connectivity index (χ0) is 15.4. The summed E-state index contributed by atoms with van der Waals surface area (Å²) in [6.45, 7) is 0. The fourth-order valence-corrected chi connectivity index (χ4v) is 2.05. The van der Waals surface area contributed by atoms with Crippen LogP contribution in [-0.4, -0.2) is 23.8 Å². The number of hydrogen-bond donors (Lipinski definition) is 2. The number of aromatic nitrogens is 1. The lowest BCUT2D eigenvalue weighted by Crippen LogP contribution is -2.19. The van der Waals surface area contributed by atoms with Gasteiger partial charge in [-0.05, 0) is 46.3 Å². The summed E-state index contributed by atoms with van der Waals surface area (Å²) in [6.07, 6.45) is 1.53. The molecular weight excluding hydrogens is 358 g/mol. The van der Waals surface area contributed by atoms with Gasteiger partial charge in [0.15, 0.2) is 0 Å². The first kappa shape index (κ1) is 15.5. The van der Waals surface area contributed by atoms with Gasteiger partial charge in [-0.15, -0.1) is 0 Å². The molecule has 0 aliphatic rings. The molecule has 2 N–H and O–H groups in total. The second-order valence-corrected chi connectivity index (χ2v) is 5.41. The molecule has 0 aliphatic heterocycles. The minimum Gasteiger partial charge on any atom is -0.355 e. The number of rotatable bonds is 3. The van der Waals surface area contributed by atoms with Crippen molar-refractivity contribution in [2.45, 2.75) is 0 Å². The first-order chi connectivity index (χ1) is 10.0. The van der Waals surface area contributed by atoms with E-state index in [0.29, 0.717) is 16.3 Å². The number of hydrogen-bond acceptors (Lipinski definition) is 3. The van der Waals surface area contributed by atoms with E-state index in [-0.39, 0.29) is 17.5 Å². The molecule has 0 fully saturated rings. The predicted octanol–water partition coefficient (Wildman–Crippen LogP) is 3.11. The SMILES string of the molecule is CNC(=O)c1cc(NC(=O)c2ccc(Br)cn2)ccc1Cl. The fraction of sp³-hybridized carbons (Fsp3) is 0.0714. The van der Waals surface area contributed by atoms with E-state index in [0.717, 1.165) is 4.47 Å². The second kappa shape index (κ2) is 6.69. The molecule has 5 nitrogen and oxygen atoms in total. The standard InChI is InChI=1S/C14H11BrClN3O2/c1-17-13(20)10-6-9(3-4-11(10)16)19-14(21)12-5-2-8(15)7-18-12/h2-7H,1H3,(H,17,20)(H,19,21). The number of nitrogens with zero attached hydrogens (tertiary/aromatic N) is 1. The van der Waals surface area contributed by atoms with E-state index in [1.165, 1.54) is 19.3 Å². The molecule has 0 spiro atoms. The van der Waals surface area contributed by atoms with Gasteiger partial charge in [-0.1, -0.05) is 11.6 Å². The van der Waals surface area contributed by atoms with Gasteiger partial charge in [0.1, 0.15) is 5.69 Å². The lowest BCUT2D eigenvalue weighted by Gasteiger charge is -2.08. The van der Waals surface area contributed by atoms with Crippen molar-refractivity contribution in [3.8, 4) is 0 Å². The minimum absolute atomic E-state index is 0.273. The van der Waals surface area contributed by atoms with Crippen LogP contribution >= 0.6 is 27.5 Å². The third kappa shape index (κ3) is 3.80. The molecule has 0 radical (unpaired) electrons. The van der Waals surface area contributed by atoms with Crippen LogP contribution in [-0.2, 0) is 0 Å². The number of amides is 2. The van der Waals surface area contributed by atoms with E-state index >= 15 is 0 Å². The van der Waals surface area contributed by atoms with E-state index < -0.39 is 0 Å². The number of carbonyl (C=O) groups excluding carboxylic acids is 2. The molecule has 7 heteroatoms. The predicted molar refractivity (Wildman–Crippen MR) is 84.7 cm³/mol. The van der Waals surface area contributed by atoms with Gasteiger partial charge in [-0.25, -0.2) is 4.98 Å². The highest BCUT2D eigenvalue weighted by atomic mass is 79.9. The van der Waals surface area contributed by atoms with Gasteiger partial charge in [0.25, 0.3) is 11.8 Å². The Balaban J connectivity index is 2.21. The Morgan fingerprint density at radius 3 is 2.57 bits per heavy atom. The molecule has 0 atom stereocenters. The summed E-state index contributed by atoms with van der Waals surface area (Å²) < 4.78 is 0.785. The fourth-order valence-electron chi connectivity index (χ4n) is 1.62. The highest BCUT2D eigenvalue weighted by Crippen LogP contribution is 2.21. The summed E-state index contributed by atoms with van der Waals surface area (Å²) in [4.78, 5) is 27.7. The van der Waals surface area contributed by atoms with Crippen molar-refractivity contribution in [2.24, 2.45) is 0 Å². The quantitative estimate of drug-likeness (QED) is 0.874. The van der Waals surface area contributed by atoms with Gasteiger partial charge in [0, 0.05) is 23.4 Å². The Morgan fingerprint density at radius 2 is 1.95 bits per heavy atom. The van der Waals surface area contributed by atoms with Crippen LogP contribution in [0.5, 0.6) is 0 Å². The third-order valence-corrected chi connectivity index (χ3v) is 3.45. The minimum atomic E-state index is -0.368. The highest BCUT2D eigenvalue weighted by Gasteiger charge is 2.12. The summed E-state index contributed by atoms with van der Waals surface area (Å²) in [5.41, 5.74) is 1.03. The van der Waals surface area contributed by atoms with Crippen LogP contribution in [0.3, 0.4) is 0 Å². The molecule has 2 rings (SSSR count). The number of halogens is 2. The van der Waals surface area contributed by atoms with Gasteiger partial charge in [0.2, 0.25) is 0 Å². The summed E-state index contributed by atoms with van der Waals surface area (Å²) in [5.74, 6) is -0.689. The van der Waals surface area contributed by atoms with Gasteiger partial charge in [0.05, 0.1) is 10.6 Å². The van der Waals surface area contributed by atoms with Crippen LogP contribution in [0.15, 0.2) is 41.0 Å². The zero-order valence-corrected chi connectivity index (χ0v) is 13.3. The Labute approximate surface area is 134 Å². The van der Waals surface area contributed by atoms with Gasteiger partial charge < -0.3 is 10.6 Å². The maximum absolute atomic E-state index is 12.0. The maximum Gasteiger partial charge on any atom is 0.274 e. The molecule has 21 heavy (non-hydrogen) atoms. The largest absolute Gasteiger partial charge is 0.355 e. The average Bonchev–Trinajstić information content (AvgIpc) is 2.49. The van der Waals surface area contributed by atoms with Crippen molar-refractivity contribution >= 4 is 45.0 Å². The Bertz CT molecular complexity index is 689. The molecule has 0 aliphatic carbocycles. The van der Waals surface area contributed by atoms with Crippen molar-refractivity contribution in [3.63, 3.8) is 0 Å². The van der Waals surface area contributed by atoms with Gasteiger partial charge >= 0.3 is 0 Å². The van der Waals surface area contributed by atoms with Gasteiger partial charge in [-0.2, -0.15) is 0 Å². The number of anilines is 1. The topological polar surface area (TPSA) is 71.1 Å². The molecule has 1 aromatic heterocycles. The monoisotopic (exact) mass is 367 g/mol. The molecular formula is C14H11BrClN3O2. The molecule has 2 amide bonds. The molecule has 2 aromatic rings. The van der Waals surface area contributed by atoms with E-state index in [1.54, 1.807) is 24.3 Å². The normalized spacial score (nSPS) is 10.0. The average molecular weight is 369 g/mol. The number of pyridine rings is 1. The molecule has 108 valence electrons. The molecule has 0 unspecified atom stereocenters. The lowest BCUT2D eigenvalue weighted by molar-refractivity contribution is 0.0961. The van der Waals surface area contributed by atoms with Crippen LogP contribution in [0.1, 0.15) is 20.8 Å². The van der Waals surface area contributed by atoms with Crippen LogP contribution < -0.4 is 10.6 Å². The van der Waals surface area contributed by atoms with Crippen molar-refractivity contribution in [3.05, 3.63) is 57.3 Å². The van der Waals surface area contributed by atoms with Crippen molar-refractivity contribution < 1.29 is 9.59 Å². The zero-order valence-electron chi connectivity index (χ0n) is 11.0. The summed E-state index contributed by atoms with van der Waals surface area (Å²) in [5, 5.41) is 5.47. The number of carbonyl (C=O) groups is 2. The molecule has 0 saturated heterocycles. The van der Waals surface area contributed by atoms with E-state index in [9.17, 15) is 9.59 Å². The lowest BCUT2D eigenvalue weighted by atomic mass is 10.2. The summed E-state index contributed by atoms with van der Waals surface area (Å²) in [7, 11) is 1.51. The molecule has 1 aromatic carbocycles. The highest BCUT2D eigenvalue weighted by molar-refractivity contribution is 9.10. The molecule has 0 bridgehead atoms. The molecule has 1 heterocycles. The Morgan fingerprint density at radius 1 is 1.19 bits per heavy atom. The van der Waals surface area contributed by atoms with Crippen molar-refractivity contribution in [1.29, 1.82) is 0 Å². The van der Waals surface area contributed by atoms with Crippen LogP contribution in [0.4, 0.5) is 5.69 Å². The summed E-state index contributed by atoms with van der Waals surface area (Å²) >= 11 is 9.20. The summed E-state index contributed by atoms with van der Waals surface area (Å²) in [6, 6.07) is 7.99. The Hall–Kier alpha value is -1.92. The van der Waals surface area contributed by atoms with E-state index in [1.807, 2.05) is 0 Å². The first-order valence-corrected chi connectivity index (χ1v) is 7.13. The van der Waals surface area contributed by atoms with Gasteiger partial charge in [-0.3, -0.25) is 9.59 Å².